The van der Waals surface area contributed by atoms with Crippen LogP contribution in [0.25, 0.3) is 0 Å². The average molecular weight is 562 g/mol. The van der Waals surface area contributed by atoms with Crippen molar-refractivity contribution in [2.24, 2.45) is 4.99 Å². The number of halogens is 4. The van der Waals surface area contributed by atoms with Crippen molar-refractivity contribution in [3.05, 3.63) is 53.7 Å². The Morgan fingerprint density at radius 1 is 1.19 bits per heavy atom. The van der Waals surface area contributed by atoms with Crippen molar-refractivity contribution in [2.75, 3.05) is 37.3 Å². The van der Waals surface area contributed by atoms with Crippen molar-refractivity contribution in [1.29, 1.82) is 0 Å². The van der Waals surface area contributed by atoms with Crippen LogP contribution in [0.3, 0.4) is 0 Å². The van der Waals surface area contributed by atoms with Crippen molar-refractivity contribution in [3.8, 4) is 0 Å². The zero-order valence-electron chi connectivity index (χ0n) is 17.5. The van der Waals surface area contributed by atoms with Gasteiger partial charge in [0.25, 0.3) is 0 Å². The highest BCUT2D eigenvalue weighted by Gasteiger charge is 2.30. The van der Waals surface area contributed by atoms with E-state index in [1.54, 1.807) is 7.05 Å². The van der Waals surface area contributed by atoms with Gasteiger partial charge in [0.2, 0.25) is 5.91 Å². The van der Waals surface area contributed by atoms with E-state index in [0.717, 1.165) is 23.5 Å². The molecule has 2 heterocycles. The lowest BCUT2D eigenvalue weighted by Gasteiger charge is -2.26. The second kappa shape index (κ2) is 11.9. The van der Waals surface area contributed by atoms with Crippen molar-refractivity contribution in [1.82, 2.24) is 15.6 Å². The Kier molecular flexibility index (Phi) is 9.54. The minimum absolute atomic E-state index is 0. The molecule has 0 aliphatic carbocycles. The van der Waals surface area contributed by atoms with Crippen molar-refractivity contribution in [3.63, 3.8) is 0 Å². The molecule has 1 aliphatic heterocycles. The Labute approximate surface area is 201 Å². The number of guanidine groups is 1. The van der Waals surface area contributed by atoms with Crippen LogP contribution in [0.4, 0.5) is 24.7 Å². The third kappa shape index (κ3) is 7.24. The summed E-state index contributed by atoms with van der Waals surface area (Å²) in [7, 11) is 1.67. The number of aliphatic imine (C=N–C) groups is 1. The number of nitrogens with zero attached hydrogens (tertiary/aromatic N) is 2. The summed E-state index contributed by atoms with van der Waals surface area (Å²) in [5.74, 6) is 1.06. The van der Waals surface area contributed by atoms with E-state index in [-0.39, 0.29) is 35.8 Å². The third-order valence-corrected chi connectivity index (χ3v) is 4.89. The Hall–Kier alpha value is -2.57. The average Bonchev–Trinajstić information content (AvgIpc) is 2.75. The molecule has 1 unspecified atom stereocenters. The number of hydrogen-bond donors (Lipinski definition) is 4. The SMILES string of the molecule is CN=C(NCCCNc1ccc(C(F)(F)F)cn1)NCC1CC(=O)Nc2ccccc21.I. The topological polar surface area (TPSA) is 90.4 Å². The quantitative estimate of drug-likeness (QED) is 0.179. The smallest absolute Gasteiger partial charge is 0.370 e. The standard InChI is InChI=1S/C21H25F3N6O.HI/c1-25-20(29-12-14-11-19(31)30-17-6-3-2-5-16(14)17)27-10-4-9-26-18-8-7-15(13-28-18)21(22,23)24;/h2-3,5-8,13-14H,4,9-12H2,1H3,(H,26,28)(H,30,31)(H2,25,27,29);1H. The maximum Gasteiger partial charge on any atom is 0.417 e. The number of carbonyl (C=O) groups excluding carboxylic acids is 1. The highest BCUT2D eigenvalue weighted by Crippen LogP contribution is 2.31. The van der Waals surface area contributed by atoms with Gasteiger partial charge in [-0.15, -0.1) is 24.0 Å². The number of pyridine rings is 1. The predicted molar refractivity (Wildman–Crippen MR) is 130 cm³/mol. The van der Waals surface area contributed by atoms with Gasteiger partial charge in [-0.05, 0) is 30.2 Å². The zero-order valence-corrected chi connectivity index (χ0v) is 19.8. The van der Waals surface area contributed by atoms with Crippen LogP contribution in [0.2, 0.25) is 0 Å². The maximum atomic E-state index is 12.5. The van der Waals surface area contributed by atoms with Gasteiger partial charge >= 0.3 is 6.18 Å². The highest BCUT2D eigenvalue weighted by molar-refractivity contribution is 14.0. The lowest BCUT2D eigenvalue weighted by molar-refractivity contribution is -0.137. The number of carbonyl (C=O) groups is 1. The van der Waals surface area contributed by atoms with Gasteiger partial charge in [0.1, 0.15) is 5.82 Å². The molecule has 11 heteroatoms. The van der Waals surface area contributed by atoms with Crippen LogP contribution in [0.5, 0.6) is 0 Å². The molecular formula is C21H26F3IN6O. The first-order valence-corrected chi connectivity index (χ1v) is 9.97. The van der Waals surface area contributed by atoms with Crippen LogP contribution in [-0.2, 0) is 11.0 Å². The first kappa shape index (κ1) is 25.7. The van der Waals surface area contributed by atoms with Crippen LogP contribution in [0.1, 0.15) is 29.9 Å². The fourth-order valence-electron chi connectivity index (χ4n) is 3.30. The normalized spacial score (nSPS) is 15.8. The summed E-state index contributed by atoms with van der Waals surface area (Å²) >= 11 is 0. The largest absolute Gasteiger partial charge is 0.417 e. The summed E-state index contributed by atoms with van der Waals surface area (Å²) in [6.07, 6.45) is -2.46. The van der Waals surface area contributed by atoms with E-state index >= 15 is 0 Å². The summed E-state index contributed by atoms with van der Waals surface area (Å²) in [6, 6.07) is 10.1. The number of amides is 1. The highest BCUT2D eigenvalue weighted by atomic mass is 127. The molecule has 1 amide bonds. The number of rotatable bonds is 7. The van der Waals surface area contributed by atoms with E-state index in [0.29, 0.717) is 44.3 Å². The number of benzene rings is 1. The second-order valence-corrected chi connectivity index (χ2v) is 7.13. The molecular weight excluding hydrogens is 536 g/mol. The van der Waals surface area contributed by atoms with E-state index in [4.69, 9.17) is 0 Å². The Morgan fingerprint density at radius 3 is 2.66 bits per heavy atom. The Bertz CT molecular complexity index is 920. The number of aromatic nitrogens is 1. The van der Waals surface area contributed by atoms with E-state index < -0.39 is 11.7 Å². The van der Waals surface area contributed by atoms with Gasteiger partial charge in [-0.1, -0.05) is 18.2 Å². The van der Waals surface area contributed by atoms with Crippen LogP contribution in [-0.4, -0.2) is 43.5 Å². The van der Waals surface area contributed by atoms with E-state index in [1.807, 2.05) is 24.3 Å². The molecule has 32 heavy (non-hydrogen) atoms. The van der Waals surface area contributed by atoms with Crippen LogP contribution >= 0.6 is 24.0 Å². The summed E-state index contributed by atoms with van der Waals surface area (Å²) < 4.78 is 37.6. The van der Waals surface area contributed by atoms with Gasteiger partial charge < -0.3 is 21.3 Å². The molecule has 1 aliphatic rings. The minimum Gasteiger partial charge on any atom is -0.370 e. The molecule has 2 aromatic rings. The van der Waals surface area contributed by atoms with E-state index in [2.05, 4.69) is 31.2 Å². The molecule has 7 nitrogen and oxygen atoms in total. The molecule has 3 rings (SSSR count). The van der Waals surface area contributed by atoms with Crippen molar-refractivity contribution in [2.45, 2.75) is 24.9 Å². The van der Waals surface area contributed by atoms with Gasteiger partial charge in [0.15, 0.2) is 5.96 Å². The molecule has 1 aromatic heterocycles. The Morgan fingerprint density at radius 2 is 1.97 bits per heavy atom. The molecule has 0 bridgehead atoms. The number of para-hydroxylation sites is 1. The fourth-order valence-corrected chi connectivity index (χ4v) is 3.30. The molecule has 174 valence electrons. The molecule has 0 fully saturated rings. The van der Waals surface area contributed by atoms with Gasteiger partial charge in [-0.25, -0.2) is 4.98 Å². The molecule has 0 saturated heterocycles. The molecule has 4 N–H and O–H groups in total. The number of hydrogen-bond acceptors (Lipinski definition) is 4. The zero-order chi connectivity index (χ0) is 22.3. The maximum absolute atomic E-state index is 12.5. The monoisotopic (exact) mass is 562 g/mol. The fraction of sp³-hybridized carbons (Fsp3) is 0.381. The summed E-state index contributed by atoms with van der Waals surface area (Å²) in [5.41, 5.74) is 1.17. The van der Waals surface area contributed by atoms with Gasteiger partial charge in [-0.3, -0.25) is 9.79 Å². The van der Waals surface area contributed by atoms with Crippen molar-refractivity contribution < 1.29 is 18.0 Å². The summed E-state index contributed by atoms with van der Waals surface area (Å²) in [4.78, 5) is 19.9. The molecule has 1 aromatic carbocycles. The predicted octanol–water partition coefficient (Wildman–Crippen LogP) is 3.81. The molecule has 1 atom stereocenters. The van der Waals surface area contributed by atoms with Crippen LogP contribution < -0.4 is 21.3 Å². The number of alkyl halides is 3. The second-order valence-electron chi connectivity index (χ2n) is 7.13. The molecule has 0 saturated carbocycles. The number of anilines is 2. The summed E-state index contributed by atoms with van der Waals surface area (Å²) in [5, 5.41) is 12.3. The number of fused-ring (bicyclic) bond motifs is 1. The first-order chi connectivity index (χ1) is 14.9. The van der Waals surface area contributed by atoms with Gasteiger partial charge in [0, 0.05) is 50.9 Å². The minimum atomic E-state index is -4.39. The lowest BCUT2D eigenvalue weighted by atomic mass is 9.90. The lowest BCUT2D eigenvalue weighted by Crippen LogP contribution is -2.41. The first-order valence-electron chi connectivity index (χ1n) is 9.97. The third-order valence-electron chi connectivity index (χ3n) is 4.89. The van der Waals surface area contributed by atoms with E-state index in [9.17, 15) is 18.0 Å². The van der Waals surface area contributed by atoms with Gasteiger partial charge in [-0.2, -0.15) is 13.2 Å². The van der Waals surface area contributed by atoms with Gasteiger partial charge in [0.05, 0.1) is 5.56 Å². The number of nitrogens with one attached hydrogen (secondary N) is 4. The van der Waals surface area contributed by atoms with Crippen molar-refractivity contribution >= 4 is 47.3 Å². The van der Waals surface area contributed by atoms with Crippen LogP contribution in [0, 0.1) is 0 Å². The Balaban J connectivity index is 0.00000363. The van der Waals surface area contributed by atoms with E-state index in [1.165, 1.54) is 6.07 Å². The molecule has 0 radical (unpaired) electrons. The van der Waals surface area contributed by atoms with Crippen LogP contribution in [0.15, 0.2) is 47.6 Å². The summed E-state index contributed by atoms with van der Waals surface area (Å²) in [6.45, 7) is 1.71. The molecule has 0 spiro atoms.